The van der Waals surface area contributed by atoms with Crippen LogP contribution in [0.15, 0.2) is 30.9 Å². The van der Waals surface area contributed by atoms with Gasteiger partial charge in [0.2, 0.25) is 0 Å². The quantitative estimate of drug-likeness (QED) is 0.778. The van der Waals surface area contributed by atoms with Crippen molar-refractivity contribution in [3.63, 3.8) is 0 Å². The molecule has 2 N–H and O–H groups in total. The first-order chi connectivity index (χ1) is 6.66. The molecule has 0 aromatic heterocycles. The smallest absolute Gasteiger partial charge is 0.143 e. The van der Waals surface area contributed by atoms with Gasteiger partial charge in [0.05, 0.1) is 5.02 Å². The summed E-state index contributed by atoms with van der Waals surface area (Å²) < 4.78 is 5.45. The highest BCUT2D eigenvalue weighted by molar-refractivity contribution is 6.32. The van der Waals surface area contributed by atoms with Gasteiger partial charge in [0.15, 0.2) is 0 Å². The summed E-state index contributed by atoms with van der Waals surface area (Å²) in [6.45, 7) is 5.91. The number of benzene rings is 1. The Morgan fingerprint density at radius 1 is 1.64 bits per heavy atom. The fourth-order valence-electron chi connectivity index (χ4n) is 1.18. The predicted molar refractivity (Wildman–Crippen MR) is 59.7 cm³/mol. The second-order valence-corrected chi connectivity index (χ2v) is 3.45. The number of hydrogen-bond acceptors (Lipinski definition) is 2. The van der Waals surface area contributed by atoms with Crippen LogP contribution in [0.2, 0.25) is 5.02 Å². The monoisotopic (exact) mass is 211 g/mol. The molecule has 0 heterocycles. The normalized spacial score (nSPS) is 12.2. The van der Waals surface area contributed by atoms with Crippen molar-refractivity contribution in [1.82, 2.24) is 0 Å². The molecule has 0 radical (unpaired) electrons. The third-order valence-corrected chi connectivity index (χ3v) is 2.13. The van der Waals surface area contributed by atoms with E-state index in [1.54, 1.807) is 12.1 Å². The molecule has 1 aromatic carbocycles. The predicted octanol–water partition coefficient (Wildman–Crippen LogP) is 2.92. The molecule has 1 atom stereocenters. The highest BCUT2D eigenvalue weighted by Gasteiger charge is 2.10. The average Bonchev–Trinajstić information content (AvgIpc) is 2.15. The minimum absolute atomic E-state index is 0.0893. The van der Waals surface area contributed by atoms with E-state index in [1.165, 1.54) is 0 Å². The summed E-state index contributed by atoms with van der Waals surface area (Å²) in [4.78, 5) is 0. The van der Waals surface area contributed by atoms with Crippen molar-refractivity contribution in [2.75, 3.05) is 6.61 Å². The van der Waals surface area contributed by atoms with Crippen LogP contribution in [0.4, 0.5) is 0 Å². The van der Waals surface area contributed by atoms with Crippen LogP contribution in [0.3, 0.4) is 0 Å². The lowest BCUT2D eigenvalue weighted by molar-refractivity contribution is 0.357. The summed E-state index contributed by atoms with van der Waals surface area (Å²) in [5.41, 5.74) is 6.71. The number of hydrogen-bond donors (Lipinski definition) is 1. The van der Waals surface area contributed by atoms with Gasteiger partial charge in [-0.15, -0.1) is 0 Å². The number of nitrogens with two attached hydrogens (primary N) is 1. The third kappa shape index (κ3) is 2.50. The van der Waals surface area contributed by atoms with E-state index in [0.717, 1.165) is 5.56 Å². The summed E-state index contributed by atoms with van der Waals surface area (Å²) in [7, 11) is 0. The molecule has 0 saturated carbocycles. The van der Waals surface area contributed by atoms with Gasteiger partial charge in [0.25, 0.3) is 0 Å². The van der Waals surface area contributed by atoms with Crippen molar-refractivity contribution in [2.24, 2.45) is 5.73 Å². The lowest BCUT2D eigenvalue weighted by atomic mass is 10.1. The van der Waals surface area contributed by atoms with Crippen LogP contribution in [0, 0.1) is 0 Å². The van der Waals surface area contributed by atoms with Crippen LogP contribution in [-0.2, 0) is 0 Å². The Morgan fingerprint density at radius 2 is 2.36 bits per heavy atom. The number of ether oxygens (including phenoxy) is 1. The Hall–Kier alpha value is -0.990. The maximum Gasteiger partial charge on any atom is 0.143 e. The van der Waals surface area contributed by atoms with Crippen LogP contribution in [0.1, 0.15) is 18.5 Å². The van der Waals surface area contributed by atoms with Crippen molar-refractivity contribution < 1.29 is 4.74 Å². The van der Waals surface area contributed by atoms with Crippen molar-refractivity contribution >= 4 is 11.6 Å². The summed E-state index contributed by atoms with van der Waals surface area (Å²) >= 11 is 5.99. The second-order valence-electron chi connectivity index (χ2n) is 3.05. The third-order valence-electron chi connectivity index (χ3n) is 1.83. The second kappa shape index (κ2) is 5.03. The molecule has 0 amide bonds. The summed E-state index contributed by atoms with van der Waals surface area (Å²) in [5, 5.41) is 0.585. The molecule has 3 heteroatoms. The molecular weight excluding hydrogens is 198 g/mol. The lowest BCUT2D eigenvalue weighted by Crippen LogP contribution is -2.08. The van der Waals surface area contributed by atoms with Crippen LogP contribution < -0.4 is 10.5 Å². The van der Waals surface area contributed by atoms with Crippen molar-refractivity contribution in [2.45, 2.75) is 13.0 Å². The highest BCUT2D eigenvalue weighted by Crippen LogP contribution is 2.31. The maximum absolute atomic E-state index is 5.99. The van der Waals surface area contributed by atoms with Gasteiger partial charge in [-0.3, -0.25) is 0 Å². The Morgan fingerprint density at radius 3 is 2.93 bits per heavy atom. The van der Waals surface area contributed by atoms with E-state index >= 15 is 0 Å². The first-order valence-corrected chi connectivity index (χ1v) is 4.82. The number of rotatable bonds is 4. The SMILES string of the molecule is C=CCOc1c(Cl)cccc1C(C)N. The van der Waals surface area contributed by atoms with Crippen molar-refractivity contribution in [1.29, 1.82) is 0 Å². The maximum atomic E-state index is 5.99. The zero-order valence-corrected chi connectivity index (χ0v) is 8.92. The minimum atomic E-state index is -0.0893. The molecule has 1 unspecified atom stereocenters. The van der Waals surface area contributed by atoms with E-state index in [2.05, 4.69) is 6.58 Å². The molecule has 0 aliphatic heterocycles. The molecule has 1 rings (SSSR count). The first kappa shape index (κ1) is 11.1. The molecule has 0 saturated heterocycles. The Bertz CT molecular complexity index is 323. The molecule has 0 spiro atoms. The lowest BCUT2D eigenvalue weighted by Gasteiger charge is -2.14. The van der Waals surface area contributed by atoms with E-state index in [9.17, 15) is 0 Å². The van der Waals surface area contributed by atoms with E-state index in [1.807, 2.05) is 19.1 Å². The van der Waals surface area contributed by atoms with Crippen molar-refractivity contribution in [3.8, 4) is 5.75 Å². The van der Waals surface area contributed by atoms with Gasteiger partial charge < -0.3 is 10.5 Å². The van der Waals surface area contributed by atoms with Crippen molar-refractivity contribution in [3.05, 3.63) is 41.4 Å². The fourth-order valence-corrected chi connectivity index (χ4v) is 1.42. The minimum Gasteiger partial charge on any atom is -0.488 e. The summed E-state index contributed by atoms with van der Waals surface area (Å²) in [6, 6.07) is 5.47. The first-order valence-electron chi connectivity index (χ1n) is 4.44. The molecule has 0 aliphatic carbocycles. The van der Waals surface area contributed by atoms with Gasteiger partial charge >= 0.3 is 0 Å². The van der Waals surface area contributed by atoms with E-state index in [0.29, 0.717) is 17.4 Å². The van der Waals surface area contributed by atoms with Gasteiger partial charge in [-0.2, -0.15) is 0 Å². The molecule has 2 nitrogen and oxygen atoms in total. The fraction of sp³-hybridized carbons (Fsp3) is 0.273. The van der Waals surface area contributed by atoms with E-state index < -0.39 is 0 Å². The van der Waals surface area contributed by atoms with Gasteiger partial charge in [0, 0.05) is 11.6 Å². The van der Waals surface area contributed by atoms with Gasteiger partial charge in [0.1, 0.15) is 12.4 Å². The number of halogens is 1. The van der Waals surface area contributed by atoms with Gasteiger partial charge in [-0.25, -0.2) is 0 Å². The van der Waals surface area contributed by atoms with Crippen LogP contribution in [0.5, 0.6) is 5.75 Å². The molecule has 0 bridgehead atoms. The molecule has 76 valence electrons. The van der Waals surface area contributed by atoms with Gasteiger partial charge in [-0.05, 0) is 13.0 Å². The summed E-state index contributed by atoms with van der Waals surface area (Å²) in [5.74, 6) is 0.657. The Kier molecular flexibility index (Phi) is 3.98. The Labute approximate surface area is 89.3 Å². The molecular formula is C11H14ClNO. The van der Waals surface area contributed by atoms with Gasteiger partial charge in [-0.1, -0.05) is 36.4 Å². The zero-order valence-electron chi connectivity index (χ0n) is 8.16. The van der Waals surface area contributed by atoms with Crippen LogP contribution in [0.25, 0.3) is 0 Å². The van der Waals surface area contributed by atoms with E-state index in [4.69, 9.17) is 22.1 Å². The standard InChI is InChI=1S/C11H14ClNO/c1-3-7-14-11-9(8(2)13)5-4-6-10(11)12/h3-6,8H,1,7,13H2,2H3. The molecule has 0 fully saturated rings. The highest BCUT2D eigenvalue weighted by atomic mass is 35.5. The topological polar surface area (TPSA) is 35.2 Å². The van der Waals surface area contributed by atoms with Crippen LogP contribution in [-0.4, -0.2) is 6.61 Å². The zero-order chi connectivity index (χ0) is 10.6. The molecule has 14 heavy (non-hydrogen) atoms. The van der Waals surface area contributed by atoms with E-state index in [-0.39, 0.29) is 6.04 Å². The number of para-hydroxylation sites is 1. The largest absolute Gasteiger partial charge is 0.488 e. The molecule has 0 aliphatic rings. The Balaban J connectivity index is 3.02. The van der Waals surface area contributed by atoms with Crippen LogP contribution >= 0.6 is 11.6 Å². The molecule has 1 aromatic rings. The average molecular weight is 212 g/mol. The summed E-state index contributed by atoms with van der Waals surface area (Å²) in [6.07, 6.45) is 1.67.